The molecule has 190 valence electrons. The van der Waals surface area contributed by atoms with Crippen LogP contribution in [-0.2, 0) is 4.79 Å². The number of furan rings is 1. The minimum absolute atomic E-state index is 0.103. The Balaban J connectivity index is 1.39. The molecule has 1 amide bonds. The van der Waals surface area contributed by atoms with Crippen LogP contribution in [0.25, 0.3) is 16.5 Å². The highest BCUT2D eigenvalue weighted by Crippen LogP contribution is 2.41. The molecule has 2 aromatic heterocycles. The average molecular weight is 532 g/mol. The number of amides is 1. The zero-order valence-electron chi connectivity index (χ0n) is 20.0. The van der Waals surface area contributed by atoms with Gasteiger partial charge in [0.05, 0.1) is 16.7 Å². The number of nitrogens with zero attached hydrogens (tertiary/aromatic N) is 2. The highest BCUT2D eigenvalue weighted by atomic mass is 35.5. The SMILES string of the molecule is C[C@@H](Oc1c(N)ncc2c(C3=CCN(C(=O)C4CCCCC4)CC3)coc12)c1c(Cl)ccc(F)c1Cl. The first-order valence-electron chi connectivity index (χ1n) is 12.3. The van der Waals surface area contributed by atoms with Gasteiger partial charge in [0.1, 0.15) is 11.9 Å². The Morgan fingerprint density at radius 2 is 2.06 bits per heavy atom. The second kappa shape index (κ2) is 10.3. The van der Waals surface area contributed by atoms with Crippen LogP contribution in [0.1, 0.15) is 62.7 Å². The second-order valence-electron chi connectivity index (χ2n) is 9.48. The number of benzene rings is 1. The topological polar surface area (TPSA) is 81.6 Å². The molecule has 1 atom stereocenters. The summed E-state index contributed by atoms with van der Waals surface area (Å²) >= 11 is 12.4. The van der Waals surface area contributed by atoms with Gasteiger partial charge in [-0.3, -0.25) is 4.79 Å². The van der Waals surface area contributed by atoms with E-state index < -0.39 is 11.9 Å². The number of hydrogen-bond acceptors (Lipinski definition) is 5. The van der Waals surface area contributed by atoms with Crippen LogP contribution in [0, 0.1) is 11.7 Å². The van der Waals surface area contributed by atoms with Crippen molar-refractivity contribution in [3.8, 4) is 5.75 Å². The second-order valence-corrected chi connectivity index (χ2v) is 10.3. The molecule has 2 N–H and O–H groups in total. The largest absolute Gasteiger partial charge is 0.478 e. The summed E-state index contributed by atoms with van der Waals surface area (Å²) in [5.74, 6) is 0.235. The van der Waals surface area contributed by atoms with Crippen molar-refractivity contribution in [1.82, 2.24) is 9.88 Å². The minimum atomic E-state index is -0.711. The molecule has 36 heavy (non-hydrogen) atoms. The summed E-state index contributed by atoms with van der Waals surface area (Å²) in [4.78, 5) is 19.2. The van der Waals surface area contributed by atoms with Crippen molar-refractivity contribution in [2.45, 2.75) is 51.6 Å². The Labute approximate surface area is 219 Å². The number of ether oxygens (including phenoxy) is 1. The molecule has 3 heterocycles. The number of anilines is 1. The lowest BCUT2D eigenvalue weighted by molar-refractivity contribution is -0.136. The number of halogens is 3. The number of carbonyl (C=O) groups excluding carboxylic acids is 1. The number of nitrogens with two attached hydrogens (primary N) is 1. The molecule has 5 rings (SSSR count). The van der Waals surface area contributed by atoms with Crippen LogP contribution in [0.5, 0.6) is 5.75 Å². The first-order valence-corrected chi connectivity index (χ1v) is 13.0. The summed E-state index contributed by atoms with van der Waals surface area (Å²) in [6.45, 7) is 2.96. The molecule has 0 spiro atoms. The number of nitrogen functional groups attached to an aromatic ring is 1. The smallest absolute Gasteiger partial charge is 0.225 e. The van der Waals surface area contributed by atoms with E-state index in [4.69, 9.17) is 38.1 Å². The van der Waals surface area contributed by atoms with E-state index in [0.717, 1.165) is 48.6 Å². The van der Waals surface area contributed by atoms with Gasteiger partial charge < -0.3 is 19.8 Å². The molecule has 0 radical (unpaired) electrons. The summed E-state index contributed by atoms with van der Waals surface area (Å²) in [5, 5.41) is 0.933. The molecule has 1 aromatic carbocycles. The number of hydrogen-bond donors (Lipinski definition) is 1. The highest BCUT2D eigenvalue weighted by Gasteiger charge is 2.28. The lowest BCUT2D eigenvalue weighted by atomic mass is 9.87. The summed E-state index contributed by atoms with van der Waals surface area (Å²) in [6.07, 6.45) is 10.9. The van der Waals surface area contributed by atoms with Crippen LogP contribution in [0.2, 0.25) is 10.0 Å². The third-order valence-corrected chi connectivity index (χ3v) is 7.92. The summed E-state index contributed by atoms with van der Waals surface area (Å²) in [5.41, 5.74) is 8.87. The Bertz CT molecular complexity index is 1330. The summed E-state index contributed by atoms with van der Waals surface area (Å²) in [7, 11) is 0. The molecule has 2 aliphatic rings. The molecule has 1 saturated carbocycles. The zero-order chi connectivity index (χ0) is 25.4. The van der Waals surface area contributed by atoms with Crippen molar-refractivity contribution in [2.75, 3.05) is 18.8 Å². The molecule has 6 nitrogen and oxygen atoms in total. The number of carbonyl (C=O) groups is 1. The fraction of sp³-hybridized carbons (Fsp3) is 0.407. The third kappa shape index (κ3) is 4.66. The quantitative estimate of drug-likeness (QED) is 0.352. The third-order valence-electron chi connectivity index (χ3n) is 7.20. The highest BCUT2D eigenvalue weighted by molar-refractivity contribution is 6.36. The number of aromatic nitrogens is 1. The van der Waals surface area contributed by atoms with Crippen molar-refractivity contribution in [3.05, 3.63) is 57.7 Å². The summed E-state index contributed by atoms with van der Waals surface area (Å²) < 4.78 is 26.0. The van der Waals surface area contributed by atoms with Gasteiger partial charge in [-0.2, -0.15) is 0 Å². The van der Waals surface area contributed by atoms with Crippen molar-refractivity contribution in [3.63, 3.8) is 0 Å². The Kier molecular flexibility index (Phi) is 7.13. The molecule has 3 aromatic rings. The van der Waals surface area contributed by atoms with E-state index in [0.29, 0.717) is 24.2 Å². The van der Waals surface area contributed by atoms with E-state index >= 15 is 0 Å². The lowest BCUT2D eigenvalue weighted by Crippen LogP contribution is -2.39. The van der Waals surface area contributed by atoms with E-state index in [2.05, 4.69) is 11.1 Å². The van der Waals surface area contributed by atoms with Gasteiger partial charge >= 0.3 is 0 Å². The van der Waals surface area contributed by atoms with Gasteiger partial charge in [0, 0.05) is 41.4 Å². The van der Waals surface area contributed by atoms with Crippen molar-refractivity contribution < 1.29 is 18.3 Å². The Morgan fingerprint density at radius 3 is 2.78 bits per heavy atom. The van der Waals surface area contributed by atoms with Crippen molar-refractivity contribution in [1.29, 1.82) is 0 Å². The molecule has 0 bridgehead atoms. The average Bonchev–Trinajstić information content (AvgIpc) is 3.33. The Morgan fingerprint density at radius 1 is 1.28 bits per heavy atom. The first-order chi connectivity index (χ1) is 17.3. The lowest BCUT2D eigenvalue weighted by Gasteiger charge is -2.31. The fourth-order valence-corrected chi connectivity index (χ4v) is 5.89. The molecule has 9 heteroatoms. The van der Waals surface area contributed by atoms with Gasteiger partial charge in [0.2, 0.25) is 11.7 Å². The van der Waals surface area contributed by atoms with E-state index in [-0.39, 0.29) is 33.4 Å². The molecule has 1 aliphatic heterocycles. The van der Waals surface area contributed by atoms with E-state index in [1.165, 1.54) is 18.6 Å². The van der Waals surface area contributed by atoms with Crippen LogP contribution >= 0.6 is 23.2 Å². The summed E-state index contributed by atoms with van der Waals surface area (Å²) in [6, 6.07) is 2.64. The number of fused-ring (bicyclic) bond motifs is 1. The van der Waals surface area contributed by atoms with E-state index in [9.17, 15) is 9.18 Å². The van der Waals surface area contributed by atoms with Crippen LogP contribution in [0.15, 0.2) is 35.1 Å². The van der Waals surface area contributed by atoms with Crippen LogP contribution in [-0.4, -0.2) is 28.9 Å². The van der Waals surface area contributed by atoms with Gasteiger partial charge in [0.15, 0.2) is 11.4 Å². The molecular weight excluding hydrogens is 504 g/mol. The monoisotopic (exact) mass is 531 g/mol. The number of pyridine rings is 1. The minimum Gasteiger partial charge on any atom is -0.478 e. The van der Waals surface area contributed by atoms with Gasteiger partial charge in [-0.25, -0.2) is 9.37 Å². The van der Waals surface area contributed by atoms with Crippen LogP contribution in [0.4, 0.5) is 10.2 Å². The Hall–Kier alpha value is -2.77. The maximum absolute atomic E-state index is 14.1. The first kappa shape index (κ1) is 24.9. The van der Waals surface area contributed by atoms with Crippen LogP contribution in [0.3, 0.4) is 0 Å². The standard InChI is InChI=1S/C27H28Cl2FN3O3/c1-15(22-20(28)7-8-21(30)23(22)29)36-25-24-18(13-32-26(25)31)19(14-35-24)16-9-11-33(12-10-16)27(34)17-5-3-2-4-6-17/h7-9,13-15,17H,2-6,10-12H2,1H3,(H2,31,32)/t15-/m1/s1. The van der Waals surface area contributed by atoms with Gasteiger partial charge in [0.25, 0.3) is 0 Å². The van der Waals surface area contributed by atoms with Gasteiger partial charge in [-0.15, -0.1) is 0 Å². The fourth-order valence-electron chi connectivity index (χ4n) is 5.22. The zero-order valence-corrected chi connectivity index (χ0v) is 21.5. The number of rotatable bonds is 5. The molecule has 0 unspecified atom stereocenters. The van der Waals surface area contributed by atoms with E-state index in [1.54, 1.807) is 19.4 Å². The van der Waals surface area contributed by atoms with Gasteiger partial charge in [-0.05, 0) is 43.9 Å². The van der Waals surface area contributed by atoms with Gasteiger partial charge in [-0.1, -0.05) is 48.5 Å². The maximum Gasteiger partial charge on any atom is 0.225 e. The van der Waals surface area contributed by atoms with Crippen LogP contribution < -0.4 is 10.5 Å². The molecular formula is C27H28Cl2FN3O3. The molecule has 1 aliphatic carbocycles. The normalized spacial score (nSPS) is 17.8. The van der Waals surface area contributed by atoms with E-state index in [1.807, 2.05) is 4.90 Å². The predicted octanol–water partition coefficient (Wildman–Crippen LogP) is 7.19. The van der Waals surface area contributed by atoms with Crippen molar-refractivity contribution >= 4 is 51.5 Å². The van der Waals surface area contributed by atoms with Crippen molar-refractivity contribution in [2.24, 2.45) is 5.92 Å². The molecule has 0 saturated heterocycles. The molecule has 1 fully saturated rings. The maximum atomic E-state index is 14.1. The predicted molar refractivity (Wildman–Crippen MR) is 140 cm³/mol.